The van der Waals surface area contributed by atoms with Crippen LogP contribution in [0.4, 0.5) is 0 Å². The van der Waals surface area contributed by atoms with Crippen LogP contribution < -0.4 is 16.4 Å². The molecule has 0 bridgehead atoms. The number of amides is 2. The van der Waals surface area contributed by atoms with E-state index in [0.29, 0.717) is 0 Å². The molecule has 0 spiro atoms. The highest BCUT2D eigenvalue weighted by Gasteiger charge is 2.31. The van der Waals surface area contributed by atoms with Crippen molar-refractivity contribution in [2.24, 2.45) is 17.6 Å². The second-order valence-corrected chi connectivity index (χ2v) is 9.08. The molecule has 3 atom stereocenters. The van der Waals surface area contributed by atoms with Crippen LogP contribution in [0.5, 0.6) is 0 Å². The first-order chi connectivity index (χ1) is 11.3. The van der Waals surface area contributed by atoms with Crippen molar-refractivity contribution in [3.8, 4) is 0 Å². The molecule has 0 rings (SSSR count). The summed E-state index contributed by atoms with van der Waals surface area (Å²) in [7, 11) is -3.25. The van der Waals surface area contributed by atoms with E-state index in [-0.39, 0.29) is 24.0 Å². The fourth-order valence-electron chi connectivity index (χ4n) is 2.02. The molecule has 0 radical (unpaired) electrons. The van der Waals surface area contributed by atoms with E-state index in [1.54, 1.807) is 27.7 Å². The second kappa shape index (κ2) is 9.71. The topological polar surface area (TPSA) is 156 Å². The van der Waals surface area contributed by atoms with Gasteiger partial charge < -0.3 is 21.5 Å². The van der Waals surface area contributed by atoms with Gasteiger partial charge in [0.15, 0.2) is 0 Å². The van der Waals surface area contributed by atoms with Gasteiger partial charge in [0.2, 0.25) is 11.8 Å². The van der Waals surface area contributed by atoms with Crippen molar-refractivity contribution < 1.29 is 27.9 Å². The fourth-order valence-corrected chi connectivity index (χ4v) is 2.71. The SMILES string of the molecule is CC(C)C(NC(=O)C(NC(=O)C(N)CCS(C)(=O)=O)C(C)C)C(=O)O. The number of aliphatic carboxylic acids is 1. The largest absolute Gasteiger partial charge is 0.480 e. The maximum Gasteiger partial charge on any atom is 0.326 e. The predicted octanol–water partition coefficient (Wildman–Crippen LogP) is -0.885. The lowest BCUT2D eigenvalue weighted by molar-refractivity contribution is -0.143. The molecule has 3 unspecified atom stereocenters. The van der Waals surface area contributed by atoms with Crippen LogP contribution in [-0.4, -0.2) is 61.4 Å². The van der Waals surface area contributed by atoms with Gasteiger partial charge in [-0.2, -0.15) is 0 Å². The van der Waals surface area contributed by atoms with Gasteiger partial charge in [0.1, 0.15) is 21.9 Å². The summed E-state index contributed by atoms with van der Waals surface area (Å²) in [6, 6.07) is -3.13. The van der Waals surface area contributed by atoms with E-state index < -0.39 is 45.7 Å². The molecule has 0 aromatic heterocycles. The van der Waals surface area contributed by atoms with Crippen LogP contribution in [0.25, 0.3) is 0 Å². The minimum absolute atomic E-state index is 0.0686. The van der Waals surface area contributed by atoms with Crippen molar-refractivity contribution in [1.82, 2.24) is 10.6 Å². The Balaban J connectivity index is 4.97. The number of rotatable bonds is 10. The van der Waals surface area contributed by atoms with Crippen LogP contribution in [0.15, 0.2) is 0 Å². The van der Waals surface area contributed by atoms with Gasteiger partial charge in [-0.1, -0.05) is 27.7 Å². The minimum atomic E-state index is -3.25. The van der Waals surface area contributed by atoms with E-state index in [2.05, 4.69) is 10.6 Å². The molecular formula is C15H29N3O6S. The number of nitrogens with two attached hydrogens (primary N) is 1. The summed E-state index contributed by atoms with van der Waals surface area (Å²) in [6.45, 7) is 6.70. The van der Waals surface area contributed by atoms with Crippen molar-refractivity contribution in [2.45, 2.75) is 52.2 Å². The fraction of sp³-hybridized carbons (Fsp3) is 0.800. The summed E-state index contributed by atoms with van der Waals surface area (Å²) in [5.74, 6) is -3.33. The Morgan fingerprint density at radius 1 is 0.960 bits per heavy atom. The number of hydrogen-bond acceptors (Lipinski definition) is 6. The third-order valence-electron chi connectivity index (χ3n) is 3.61. The smallest absolute Gasteiger partial charge is 0.326 e. The van der Waals surface area contributed by atoms with Crippen molar-refractivity contribution in [1.29, 1.82) is 0 Å². The Morgan fingerprint density at radius 3 is 1.76 bits per heavy atom. The zero-order valence-electron chi connectivity index (χ0n) is 15.3. The minimum Gasteiger partial charge on any atom is -0.480 e. The second-order valence-electron chi connectivity index (χ2n) is 6.82. The Kier molecular flexibility index (Phi) is 9.06. The highest BCUT2D eigenvalue weighted by molar-refractivity contribution is 7.90. The molecular weight excluding hydrogens is 350 g/mol. The predicted molar refractivity (Wildman–Crippen MR) is 93.5 cm³/mol. The number of carboxylic acid groups (broad SMARTS) is 1. The zero-order chi connectivity index (χ0) is 19.9. The standard InChI is InChI=1S/C15H29N3O6S/c1-8(2)11(14(20)18-12(9(3)4)15(21)22)17-13(19)10(16)6-7-25(5,23)24/h8-12H,6-7,16H2,1-5H3,(H,17,19)(H,18,20)(H,21,22). The number of carboxylic acids is 1. The molecule has 9 nitrogen and oxygen atoms in total. The Labute approximate surface area is 148 Å². The average Bonchev–Trinajstić information content (AvgIpc) is 2.45. The summed E-state index contributed by atoms with van der Waals surface area (Å²) in [4.78, 5) is 35.7. The van der Waals surface area contributed by atoms with Crippen LogP contribution in [-0.2, 0) is 24.2 Å². The summed E-state index contributed by atoms with van der Waals surface area (Å²) < 4.78 is 22.3. The maximum atomic E-state index is 12.4. The molecule has 2 amide bonds. The van der Waals surface area contributed by atoms with E-state index in [1.165, 1.54) is 0 Å². The molecule has 0 saturated carbocycles. The van der Waals surface area contributed by atoms with E-state index >= 15 is 0 Å². The Bertz CT molecular complexity index is 588. The van der Waals surface area contributed by atoms with Crippen LogP contribution in [0, 0.1) is 11.8 Å². The monoisotopic (exact) mass is 379 g/mol. The van der Waals surface area contributed by atoms with Crippen LogP contribution in [0.2, 0.25) is 0 Å². The number of carbonyl (C=O) groups excluding carboxylic acids is 2. The Morgan fingerprint density at radius 2 is 1.40 bits per heavy atom. The number of sulfone groups is 1. The van der Waals surface area contributed by atoms with Crippen LogP contribution in [0.3, 0.4) is 0 Å². The van der Waals surface area contributed by atoms with Gasteiger partial charge in [0.25, 0.3) is 0 Å². The molecule has 0 aromatic carbocycles. The average molecular weight is 379 g/mol. The normalized spacial score (nSPS) is 15.5. The van der Waals surface area contributed by atoms with E-state index in [4.69, 9.17) is 10.8 Å². The number of nitrogens with one attached hydrogen (secondary N) is 2. The third kappa shape index (κ3) is 8.82. The molecule has 0 aromatic rings. The molecule has 146 valence electrons. The van der Waals surface area contributed by atoms with E-state index in [0.717, 1.165) is 6.26 Å². The first kappa shape index (κ1) is 23.3. The van der Waals surface area contributed by atoms with Crippen molar-refractivity contribution in [2.75, 3.05) is 12.0 Å². The molecule has 0 aliphatic heterocycles. The van der Waals surface area contributed by atoms with Gasteiger partial charge in [-0.05, 0) is 18.3 Å². The van der Waals surface area contributed by atoms with Crippen molar-refractivity contribution in [3.63, 3.8) is 0 Å². The molecule has 0 fully saturated rings. The quantitative estimate of drug-likeness (QED) is 0.384. The molecule has 10 heteroatoms. The lowest BCUT2D eigenvalue weighted by Crippen LogP contribution is -2.57. The van der Waals surface area contributed by atoms with E-state index in [9.17, 15) is 22.8 Å². The Hall–Kier alpha value is -1.68. The zero-order valence-corrected chi connectivity index (χ0v) is 16.1. The summed E-state index contributed by atoms with van der Waals surface area (Å²) in [5, 5.41) is 14.0. The van der Waals surface area contributed by atoms with Crippen molar-refractivity contribution in [3.05, 3.63) is 0 Å². The van der Waals surface area contributed by atoms with Gasteiger partial charge in [0.05, 0.1) is 11.8 Å². The molecule has 0 saturated heterocycles. The molecule has 0 aliphatic carbocycles. The van der Waals surface area contributed by atoms with Gasteiger partial charge in [-0.25, -0.2) is 13.2 Å². The summed E-state index contributed by atoms with van der Waals surface area (Å²) >= 11 is 0. The number of hydrogen-bond donors (Lipinski definition) is 4. The highest BCUT2D eigenvalue weighted by atomic mass is 32.2. The van der Waals surface area contributed by atoms with Gasteiger partial charge in [-0.15, -0.1) is 0 Å². The molecule has 0 aliphatic rings. The van der Waals surface area contributed by atoms with Gasteiger partial charge >= 0.3 is 5.97 Å². The maximum absolute atomic E-state index is 12.4. The van der Waals surface area contributed by atoms with Crippen LogP contribution >= 0.6 is 0 Å². The first-order valence-corrected chi connectivity index (χ1v) is 10.1. The third-order valence-corrected chi connectivity index (χ3v) is 4.59. The van der Waals surface area contributed by atoms with E-state index in [1.807, 2.05) is 0 Å². The molecule has 25 heavy (non-hydrogen) atoms. The van der Waals surface area contributed by atoms with Gasteiger partial charge in [-0.3, -0.25) is 9.59 Å². The van der Waals surface area contributed by atoms with Crippen molar-refractivity contribution >= 4 is 27.6 Å². The number of carbonyl (C=O) groups is 3. The highest BCUT2D eigenvalue weighted by Crippen LogP contribution is 2.07. The molecule has 5 N–H and O–H groups in total. The summed E-state index contributed by atoms with van der Waals surface area (Å²) in [6.07, 6.45) is 0.973. The lowest BCUT2D eigenvalue weighted by atomic mass is 10.00. The lowest BCUT2D eigenvalue weighted by Gasteiger charge is -2.26. The van der Waals surface area contributed by atoms with Crippen LogP contribution in [0.1, 0.15) is 34.1 Å². The van der Waals surface area contributed by atoms with Gasteiger partial charge in [0, 0.05) is 6.26 Å². The first-order valence-electron chi connectivity index (χ1n) is 8.03. The summed E-state index contributed by atoms with van der Waals surface area (Å²) in [5.41, 5.74) is 5.67. The molecule has 0 heterocycles.